The van der Waals surface area contributed by atoms with Crippen molar-refractivity contribution < 1.29 is 5.11 Å². The van der Waals surface area contributed by atoms with Gasteiger partial charge in [0.1, 0.15) is 0 Å². The predicted octanol–water partition coefficient (Wildman–Crippen LogP) is 2.74. The first-order chi connectivity index (χ1) is 9.35. The third kappa shape index (κ3) is 3.79. The fourth-order valence-electron chi connectivity index (χ4n) is 3.02. The highest BCUT2D eigenvalue weighted by Crippen LogP contribution is 2.30. The van der Waals surface area contributed by atoms with Gasteiger partial charge in [-0.15, -0.1) is 0 Å². The number of nitrogens with zero attached hydrogens (tertiary/aromatic N) is 2. The van der Waals surface area contributed by atoms with Crippen molar-refractivity contribution in [3.63, 3.8) is 0 Å². The van der Waals surface area contributed by atoms with Crippen molar-refractivity contribution in [1.29, 1.82) is 5.26 Å². The third-order valence-corrected chi connectivity index (χ3v) is 4.00. The van der Waals surface area contributed by atoms with Crippen LogP contribution in [0.3, 0.4) is 0 Å². The Hall–Kier alpha value is -1.37. The summed E-state index contributed by atoms with van der Waals surface area (Å²) < 4.78 is 0. The van der Waals surface area contributed by atoms with Crippen LogP contribution in [0.1, 0.15) is 37.3 Å². The lowest BCUT2D eigenvalue weighted by molar-refractivity contribution is 0.108. The van der Waals surface area contributed by atoms with Gasteiger partial charge in [0.2, 0.25) is 0 Å². The number of piperidine rings is 1. The molecule has 0 saturated carbocycles. The van der Waals surface area contributed by atoms with Gasteiger partial charge in [0, 0.05) is 19.2 Å². The smallest absolute Gasteiger partial charge is 0.0641 e. The molecule has 3 heteroatoms. The lowest BCUT2D eigenvalue weighted by Crippen LogP contribution is -2.38. The second-order valence-corrected chi connectivity index (χ2v) is 5.30. The van der Waals surface area contributed by atoms with Crippen LogP contribution in [-0.2, 0) is 0 Å². The SMILES string of the molecule is N#CCC(c1ccccc1)N1CCCC(CCO)C1. The fourth-order valence-corrected chi connectivity index (χ4v) is 3.02. The highest BCUT2D eigenvalue weighted by atomic mass is 16.3. The molecule has 0 amide bonds. The Labute approximate surface area is 115 Å². The van der Waals surface area contributed by atoms with E-state index in [0.717, 1.165) is 19.5 Å². The fraction of sp³-hybridized carbons (Fsp3) is 0.562. The average Bonchev–Trinajstić information content (AvgIpc) is 2.46. The van der Waals surface area contributed by atoms with E-state index >= 15 is 0 Å². The Morgan fingerprint density at radius 1 is 1.37 bits per heavy atom. The van der Waals surface area contributed by atoms with E-state index in [1.165, 1.54) is 18.4 Å². The zero-order valence-corrected chi connectivity index (χ0v) is 11.3. The van der Waals surface area contributed by atoms with Crippen molar-refractivity contribution in [2.24, 2.45) is 5.92 Å². The van der Waals surface area contributed by atoms with E-state index in [0.29, 0.717) is 12.3 Å². The predicted molar refractivity (Wildman–Crippen MR) is 75.4 cm³/mol. The summed E-state index contributed by atoms with van der Waals surface area (Å²) in [6.45, 7) is 2.33. The Bertz CT molecular complexity index is 411. The summed E-state index contributed by atoms with van der Waals surface area (Å²) in [5, 5.41) is 18.2. The van der Waals surface area contributed by atoms with Crippen molar-refractivity contribution in [2.75, 3.05) is 19.7 Å². The molecule has 1 aromatic rings. The molecule has 0 aromatic heterocycles. The maximum absolute atomic E-state index is 9.09. The Morgan fingerprint density at radius 3 is 2.84 bits per heavy atom. The number of nitriles is 1. The second kappa shape index (κ2) is 7.28. The number of aliphatic hydroxyl groups is 1. The van der Waals surface area contributed by atoms with Crippen molar-refractivity contribution in [3.8, 4) is 6.07 Å². The zero-order chi connectivity index (χ0) is 13.5. The molecule has 1 fully saturated rings. The van der Waals surface area contributed by atoms with E-state index in [1.807, 2.05) is 18.2 Å². The van der Waals surface area contributed by atoms with Gasteiger partial charge in [-0.05, 0) is 37.3 Å². The first kappa shape index (κ1) is 14.0. The standard InChI is InChI=1S/C16H22N2O/c17-10-8-16(15-6-2-1-3-7-15)18-11-4-5-14(13-18)9-12-19/h1-3,6-7,14,16,19H,4-5,8-9,11-13H2. The second-order valence-electron chi connectivity index (χ2n) is 5.30. The van der Waals surface area contributed by atoms with E-state index < -0.39 is 0 Å². The monoisotopic (exact) mass is 258 g/mol. The molecule has 0 bridgehead atoms. The van der Waals surface area contributed by atoms with Crippen LogP contribution in [0, 0.1) is 17.2 Å². The molecule has 2 rings (SSSR count). The first-order valence-corrected chi connectivity index (χ1v) is 7.12. The normalized spacial score (nSPS) is 21.8. The molecule has 1 aliphatic heterocycles. The van der Waals surface area contributed by atoms with Crippen LogP contribution >= 0.6 is 0 Å². The number of benzene rings is 1. The number of likely N-dealkylation sites (tertiary alicyclic amines) is 1. The zero-order valence-electron chi connectivity index (χ0n) is 11.3. The largest absolute Gasteiger partial charge is 0.396 e. The molecule has 2 unspecified atom stereocenters. The Balaban J connectivity index is 2.09. The summed E-state index contributed by atoms with van der Waals surface area (Å²) in [7, 11) is 0. The van der Waals surface area contributed by atoms with Crippen LogP contribution in [0.25, 0.3) is 0 Å². The van der Waals surface area contributed by atoms with Gasteiger partial charge < -0.3 is 5.11 Å². The van der Waals surface area contributed by atoms with Gasteiger partial charge in [-0.3, -0.25) is 4.90 Å². The molecule has 0 spiro atoms. The topological polar surface area (TPSA) is 47.3 Å². The van der Waals surface area contributed by atoms with Gasteiger partial charge >= 0.3 is 0 Å². The minimum absolute atomic E-state index is 0.202. The van der Waals surface area contributed by atoms with Crippen LogP contribution in [0.2, 0.25) is 0 Å². The molecule has 102 valence electrons. The van der Waals surface area contributed by atoms with Gasteiger partial charge in [0.15, 0.2) is 0 Å². The number of hydrogen-bond donors (Lipinski definition) is 1. The summed E-state index contributed by atoms with van der Waals surface area (Å²) in [5.74, 6) is 0.573. The summed E-state index contributed by atoms with van der Waals surface area (Å²) in [4.78, 5) is 2.42. The minimum atomic E-state index is 0.202. The quantitative estimate of drug-likeness (QED) is 0.883. The number of rotatable bonds is 5. The van der Waals surface area contributed by atoms with Crippen molar-refractivity contribution in [2.45, 2.75) is 31.7 Å². The first-order valence-electron chi connectivity index (χ1n) is 7.12. The van der Waals surface area contributed by atoms with Crippen LogP contribution in [0.5, 0.6) is 0 Å². The van der Waals surface area contributed by atoms with E-state index in [2.05, 4.69) is 23.1 Å². The molecule has 2 atom stereocenters. The van der Waals surface area contributed by atoms with E-state index in [1.54, 1.807) is 0 Å². The van der Waals surface area contributed by atoms with E-state index in [4.69, 9.17) is 10.4 Å². The lowest BCUT2D eigenvalue weighted by Gasteiger charge is -2.37. The van der Waals surface area contributed by atoms with Crippen molar-refractivity contribution in [3.05, 3.63) is 35.9 Å². The molecule has 1 saturated heterocycles. The molecule has 1 aliphatic rings. The molecule has 3 nitrogen and oxygen atoms in total. The van der Waals surface area contributed by atoms with Gasteiger partial charge in [0.05, 0.1) is 12.5 Å². The molecule has 1 aromatic carbocycles. The highest BCUT2D eigenvalue weighted by Gasteiger charge is 2.26. The summed E-state index contributed by atoms with van der Waals surface area (Å²) >= 11 is 0. The average molecular weight is 258 g/mol. The highest BCUT2D eigenvalue weighted by molar-refractivity contribution is 5.20. The van der Waals surface area contributed by atoms with Gasteiger partial charge in [-0.1, -0.05) is 30.3 Å². The summed E-state index contributed by atoms with van der Waals surface area (Å²) in [6.07, 6.45) is 3.78. The van der Waals surface area contributed by atoms with Crippen LogP contribution in [-0.4, -0.2) is 29.7 Å². The minimum Gasteiger partial charge on any atom is -0.396 e. The molecule has 0 aliphatic carbocycles. The van der Waals surface area contributed by atoms with Crippen molar-refractivity contribution >= 4 is 0 Å². The molecule has 19 heavy (non-hydrogen) atoms. The van der Waals surface area contributed by atoms with Crippen LogP contribution < -0.4 is 0 Å². The molecular formula is C16H22N2O. The lowest BCUT2D eigenvalue weighted by atomic mass is 9.92. The maximum atomic E-state index is 9.09. The van der Waals surface area contributed by atoms with E-state index in [9.17, 15) is 0 Å². The summed E-state index contributed by atoms with van der Waals surface area (Å²) in [5.41, 5.74) is 1.23. The van der Waals surface area contributed by atoms with Crippen molar-refractivity contribution in [1.82, 2.24) is 4.90 Å². The van der Waals surface area contributed by atoms with Gasteiger partial charge in [0.25, 0.3) is 0 Å². The number of hydrogen-bond acceptors (Lipinski definition) is 3. The maximum Gasteiger partial charge on any atom is 0.0641 e. The molecule has 1 N–H and O–H groups in total. The van der Waals surface area contributed by atoms with Crippen LogP contribution in [0.4, 0.5) is 0 Å². The molecular weight excluding hydrogens is 236 g/mol. The van der Waals surface area contributed by atoms with E-state index in [-0.39, 0.29) is 12.6 Å². The van der Waals surface area contributed by atoms with Crippen LogP contribution in [0.15, 0.2) is 30.3 Å². The van der Waals surface area contributed by atoms with Gasteiger partial charge in [-0.2, -0.15) is 5.26 Å². The molecule has 1 heterocycles. The Morgan fingerprint density at radius 2 is 2.16 bits per heavy atom. The van der Waals surface area contributed by atoms with Gasteiger partial charge in [-0.25, -0.2) is 0 Å². The Kier molecular flexibility index (Phi) is 5.38. The number of aliphatic hydroxyl groups excluding tert-OH is 1. The third-order valence-electron chi connectivity index (χ3n) is 4.00. The summed E-state index contributed by atoms with van der Waals surface area (Å²) in [6, 6.07) is 12.8. The molecule has 0 radical (unpaired) electrons.